The fraction of sp³-hybridized carbons (Fsp3) is 0.125. The van der Waals surface area contributed by atoms with E-state index in [0.717, 1.165) is 10.2 Å². The molecule has 0 heterocycles. The van der Waals surface area contributed by atoms with Crippen LogP contribution < -0.4 is 10.6 Å². The van der Waals surface area contributed by atoms with Gasteiger partial charge in [-0.25, -0.2) is 0 Å². The molecule has 11 heavy (non-hydrogen) atoms. The van der Waals surface area contributed by atoms with Crippen LogP contribution in [0.15, 0.2) is 30.3 Å². The number of hydrogen-bond donors (Lipinski definition) is 2. The summed E-state index contributed by atoms with van der Waals surface area (Å²) in [6.07, 6.45) is 0. The Morgan fingerprint density at radius 2 is 2.09 bits per heavy atom. The Morgan fingerprint density at radius 1 is 1.45 bits per heavy atom. The van der Waals surface area contributed by atoms with E-state index in [-0.39, 0.29) is 0 Å². The van der Waals surface area contributed by atoms with Gasteiger partial charge < -0.3 is 0 Å². The summed E-state index contributed by atoms with van der Waals surface area (Å²) in [6, 6.07) is 9.52. The van der Waals surface area contributed by atoms with Crippen molar-refractivity contribution in [1.29, 1.82) is 0 Å². The molecule has 0 saturated carbocycles. The molecule has 0 saturated heterocycles. The van der Waals surface area contributed by atoms with Crippen molar-refractivity contribution in [3.8, 4) is 0 Å². The van der Waals surface area contributed by atoms with Gasteiger partial charge in [0.25, 0.3) is 0 Å². The minimum absolute atomic E-state index is 0.744. The maximum absolute atomic E-state index is 7.64. The third kappa shape index (κ3) is 2.89. The summed E-state index contributed by atoms with van der Waals surface area (Å²) in [5, 5.41) is 4.22. The van der Waals surface area contributed by atoms with E-state index in [1.807, 2.05) is 30.3 Å². The quantitative estimate of drug-likeness (QED) is 0.734. The van der Waals surface area contributed by atoms with Crippen LogP contribution >= 0.6 is 0 Å². The SMILES string of the molecule is [2H]N([C](=[V])NC)c1ccccc1. The number of rotatable bonds is 3. The fourth-order valence-corrected chi connectivity index (χ4v) is 0.861. The summed E-state index contributed by atoms with van der Waals surface area (Å²) in [5.74, 6) is 0. The molecule has 3 heteroatoms. The van der Waals surface area contributed by atoms with E-state index < -0.39 is 0 Å². The van der Waals surface area contributed by atoms with Crippen LogP contribution in [-0.2, 0) is 17.0 Å². The molecule has 2 nitrogen and oxygen atoms in total. The molecular weight excluding hydrogens is 175 g/mol. The van der Waals surface area contributed by atoms with Gasteiger partial charge in [0.05, 0.1) is 0 Å². The van der Waals surface area contributed by atoms with Gasteiger partial charge in [-0.15, -0.1) is 0 Å². The van der Waals surface area contributed by atoms with E-state index in [4.69, 9.17) is 1.41 Å². The first-order chi connectivity index (χ1) is 5.75. The van der Waals surface area contributed by atoms with Gasteiger partial charge in [0.15, 0.2) is 0 Å². The molecule has 1 aromatic carbocycles. The normalized spacial score (nSPS) is 10.4. The van der Waals surface area contributed by atoms with Crippen molar-refractivity contribution < 1.29 is 18.4 Å². The van der Waals surface area contributed by atoms with Gasteiger partial charge in [-0.1, -0.05) is 0 Å². The molecule has 0 spiro atoms. The van der Waals surface area contributed by atoms with E-state index in [9.17, 15) is 0 Å². The molecule has 57 valence electrons. The number of para-hydroxylation sites is 1. The van der Waals surface area contributed by atoms with Crippen molar-refractivity contribution in [2.45, 2.75) is 0 Å². The van der Waals surface area contributed by atoms with Crippen LogP contribution in [0.2, 0.25) is 1.41 Å². The van der Waals surface area contributed by atoms with Crippen molar-refractivity contribution in [1.82, 2.24) is 5.32 Å². The topological polar surface area (TPSA) is 24.1 Å². The van der Waals surface area contributed by atoms with Crippen molar-refractivity contribution in [3.05, 3.63) is 30.3 Å². The first kappa shape index (κ1) is 7.10. The summed E-state index contributed by atoms with van der Waals surface area (Å²) in [7, 11) is 1.79. The average Bonchev–Trinajstić information content (AvgIpc) is 2.17. The van der Waals surface area contributed by atoms with Crippen molar-refractivity contribution in [2.75, 3.05) is 12.4 Å². The van der Waals surface area contributed by atoms with E-state index in [1.165, 1.54) is 5.31 Å². The first-order valence-electron chi connectivity index (χ1n) is 3.78. The van der Waals surface area contributed by atoms with Crippen LogP contribution in [0.4, 0.5) is 5.69 Å². The molecule has 0 bridgehead atoms. The summed E-state index contributed by atoms with van der Waals surface area (Å²) in [4.78, 5) is 0. The Kier molecular flexibility index (Phi) is 2.80. The van der Waals surface area contributed by atoms with Gasteiger partial charge in [0, 0.05) is 0 Å². The molecule has 0 aliphatic heterocycles. The molecule has 0 aliphatic carbocycles. The number of benzene rings is 1. The molecule has 1 rings (SSSR count). The molecule has 0 unspecified atom stereocenters. The first-order valence-corrected chi connectivity index (χ1v) is 4.03. The van der Waals surface area contributed by atoms with Gasteiger partial charge in [0.1, 0.15) is 0 Å². The Balaban J connectivity index is 2.78. The summed E-state index contributed by atoms with van der Waals surface area (Å²) in [5.41, 5.74) is 0.850. The zero-order valence-electron chi connectivity index (χ0n) is 7.28. The number of nitrogens with one attached hydrogen (secondary N) is 2. The Hall–Kier alpha value is -0.566. The second kappa shape index (κ2) is 4.34. The minimum atomic E-state index is 0.744. The monoisotopic (exact) mass is 186 g/mol. The standard InChI is InChI=1S/C8H10N2.V/c1-9-7-10-8-5-3-2-4-6-8;/h2-6,9-10H,1H3;/i/hD. The second-order valence-corrected chi connectivity index (χ2v) is 2.68. The van der Waals surface area contributed by atoms with E-state index in [0.29, 0.717) is 0 Å². The number of hydrogen-bond acceptors (Lipinski definition) is 2. The van der Waals surface area contributed by atoms with Crippen molar-refractivity contribution >= 4 is 10.2 Å². The van der Waals surface area contributed by atoms with Crippen LogP contribution in [-0.4, -0.2) is 11.5 Å². The van der Waals surface area contributed by atoms with Crippen molar-refractivity contribution in [2.24, 2.45) is 0 Å². The molecule has 0 radical (unpaired) electrons. The molecule has 0 aromatic heterocycles. The molecule has 0 aliphatic rings. The third-order valence-corrected chi connectivity index (χ3v) is 1.72. The Bertz CT molecular complexity index is 263. The average molecular weight is 186 g/mol. The molecule has 2 N–H and O–H groups in total. The molecule has 0 fully saturated rings. The Labute approximate surface area is 77.0 Å². The number of anilines is 1. The van der Waals surface area contributed by atoms with Gasteiger partial charge in [-0.3, -0.25) is 0 Å². The van der Waals surface area contributed by atoms with Crippen molar-refractivity contribution in [3.63, 3.8) is 0 Å². The predicted octanol–water partition coefficient (Wildman–Crippen LogP) is 0.952. The second-order valence-electron chi connectivity index (χ2n) is 2.02. The fourth-order valence-electron chi connectivity index (χ4n) is 0.681. The van der Waals surface area contributed by atoms with Gasteiger partial charge in [-0.2, -0.15) is 0 Å². The van der Waals surface area contributed by atoms with Gasteiger partial charge >= 0.3 is 76.6 Å². The summed E-state index contributed by atoms with van der Waals surface area (Å²) >= 11 is 2.32. The van der Waals surface area contributed by atoms with Crippen LogP contribution in [0.5, 0.6) is 0 Å². The van der Waals surface area contributed by atoms with Gasteiger partial charge in [-0.05, 0) is 0 Å². The van der Waals surface area contributed by atoms with Crippen LogP contribution in [0.3, 0.4) is 0 Å². The molecule has 0 amide bonds. The van der Waals surface area contributed by atoms with Crippen LogP contribution in [0.1, 0.15) is 0 Å². The molecule has 0 atom stereocenters. The third-order valence-electron chi connectivity index (χ3n) is 1.21. The zero-order chi connectivity index (χ0) is 8.97. The van der Waals surface area contributed by atoms with Crippen LogP contribution in [0.25, 0.3) is 0 Å². The van der Waals surface area contributed by atoms with E-state index >= 15 is 0 Å². The zero-order valence-corrected chi connectivity index (χ0v) is 7.68. The predicted molar refractivity (Wildman–Crippen MR) is 44.1 cm³/mol. The summed E-state index contributed by atoms with van der Waals surface area (Å²) in [6.45, 7) is 0. The van der Waals surface area contributed by atoms with E-state index in [1.54, 1.807) is 7.05 Å². The maximum atomic E-state index is 7.64. The van der Waals surface area contributed by atoms with Crippen LogP contribution in [0, 0.1) is 0 Å². The van der Waals surface area contributed by atoms with E-state index in [2.05, 4.69) is 22.3 Å². The summed E-state index contributed by atoms with van der Waals surface area (Å²) < 4.78 is 8.38. The molecular formula is C8H10N2V. The van der Waals surface area contributed by atoms with Gasteiger partial charge in [0.2, 0.25) is 0 Å². The molecule has 1 aromatic rings. The Morgan fingerprint density at radius 3 is 2.64 bits per heavy atom.